The zero-order valence-electron chi connectivity index (χ0n) is 12.7. The summed E-state index contributed by atoms with van der Waals surface area (Å²) in [7, 11) is 0. The topological polar surface area (TPSA) is 64.3 Å². The summed E-state index contributed by atoms with van der Waals surface area (Å²) in [6, 6.07) is 7.15. The molecule has 0 bridgehead atoms. The molecule has 1 amide bonds. The van der Waals surface area contributed by atoms with Crippen LogP contribution in [0, 0.1) is 0 Å². The van der Waals surface area contributed by atoms with E-state index in [1.807, 2.05) is 19.1 Å². The van der Waals surface area contributed by atoms with E-state index in [0.29, 0.717) is 23.6 Å². The SMILES string of the molecule is CCCCOc1ccc(C(=O)NC(CC)CC(N)=S)cc1. The standard InChI is InChI=1S/C16H24N2O2S/c1-3-5-10-20-14-8-6-12(7-9-14)16(19)18-13(4-2)11-15(17)21/h6-9,13H,3-5,10-11H2,1-2H3,(H2,17,21)(H,18,19). The Morgan fingerprint density at radius 1 is 1.33 bits per heavy atom. The number of thiocarbonyl (C=S) groups is 1. The normalized spacial score (nSPS) is 11.7. The third kappa shape index (κ3) is 6.58. The summed E-state index contributed by atoms with van der Waals surface area (Å²) in [5.74, 6) is 0.674. The van der Waals surface area contributed by atoms with E-state index in [-0.39, 0.29) is 11.9 Å². The highest BCUT2D eigenvalue weighted by Crippen LogP contribution is 2.13. The van der Waals surface area contributed by atoms with Crippen molar-refractivity contribution in [3.8, 4) is 5.75 Å². The fraction of sp³-hybridized carbons (Fsp3) is 0.500. The summed E-state index contributed by atoms with van der Waals surface area (Å²) in [6.07, 6.45) is 3.44. The lowest BCUT2D eigenvalue weighted by Gasteiger charge is -2.16. The summed E-state index contributed by atoms with van der Waals surface area (Å²) >= 11 is 4.89. The van der Waals surface area contributed by atoms with Gasteiger partial charge in [-0.2, -0.15) is 0 Å². The predicted octanol–water partition coefficient (Wildman–Crippen LogP) is 3.05. The maximum absolute atomic E-state index is 12.1. The Morgan fingerprint density at radius 3 is 2.52 bits per heavy atom. The lowest BCUT2D eigenvalue weighted by atomic mass is 10.1. The number of unbranched alkanes of at least 4 members (excludes halogenated alkanes) is 1. The Kier molecular flexibility index (Phi) is 7.75. The minimum atomic E-state index is -0.113. The Labute approximate surface area is 132 Å². The molecule has 4 nitrogen and oxygen atoms in total. The van der Waals surface area contributed by atoms with Crippen LogP contribution in [0.3, 0.4) is 0 Å². The van der Waals surface area contributed by atoms with Gasteiger partial charge in [-0.05, 0) is 37.1 Å². The molecule has 5 heteroatoms. The summed E-state index contributed by atoms with van der Waals surface area (Å²) < 4.78 is 5.57. The van der Waals surface area contributed by atoms with Crippen LogP contribution in [0.4, 0.5) is 0 Å². The van der Waals surface area contributed by atoms with Crippen molar-refractivity contribution in [1.82, 2.24) is 5.32 Å². The van der Waals surface area contributed by atoms with Crippen LogP contribution >= 0.6 is 12.2 Å². The van der Waals surface area contributed by atoms with E-state index < -0.39 is 0 Å². The summed E-state index contributed by atoms with van der Waals surface area (Å²) in [6.45, 7) is 4.82. The number of rotatable bonds is 9. The molecule has 0 aliphatic rings. The molecule has 0 aliphatic heterocycles. The first-order chi connectivity index (χ1) is 10.1. The van der Waals surface area contributed by atoms with Gasteiger partial charge >= 0.3 is 0 Å². The molecule has 3 N–H and O–H groups in total. The average molecular weight is 308 g/mol. The Bertz CT molecular complexity index is 460. The van der Waals surface area contributed by atoms with E-state index in [2.05, 4.69) is 12.2 Å². The number of hydrogen-bond donors (Lipinski definition) is 2. The molecule has 21 heavy (non-hydrogen) atoms. The molecule has 116 valence electrons. The molecule has 1 aromatic rings. The number of benzene rings is 1. The van der Waals surface area contributed by atoms with Crippen LogP contribution in [0.2, 0.25) is 0 Å². The molecule has 0 aliphatic carbocycles. The molecule has 1 unspecified atom stereocenters. The lowest BCUT2D eigenvalue weighted by molar-refractivity contribution is 0.0937. The molecule has 1 atom stereocenters. The molecule has 0 spiro atoms. The highest BCUT2D eigenvalue weighted by molar-refractivity contribution is 7.80. The number of nitrogens with two attached hydrogens (primary N) is 1. The van der Waals surface area contributed by atoms with Gasteiger partial charge in [0.15, 0.2) is 0 Å². The van der Waals surface area contributed by atoms with E-state index in [4.69, 9.17) is 22.7 Å². The molecule has 1 aromatic carbocycles. The van der Waals surface area contributed by atoms with Crippen LogP contribution in [0.15, 0.2) is 24.3 Å². The highest BCUT2D eigenvalue weighted by atomic mass is 32.1. The van der Waals surface area contributed by atoms with Gasteiger partial charge in [-0.3, -0.25) is 4.79 Å². The van der Waals surface area contributed by atoms with Gasteiger partial charge in [0.2, 0.25) is 0 Å². The fourth-order valence-corrected chi connectivity index (χ4v) is 2.05. The third-order valence-corrected chi connectivity index (χ3v) is 3.33. The van der Waals surface area contributed by atoms with Crippen molar-refractivity contribution in [2.45, 2.75) is 45.6 Å². The van der Waals surface area contributed by atoms with Gasteiger partial charge in [-0.15, -0.1) is 0 Å². The van der Waals surface area contributed by atoms with E-state index in [1.54, 1.807) is 12.1 Å². The van der Waals surface area contributed by atoms with Crippen LogP contribution in [-0.2, 0) is 0 Å². The highest BCUT2D eigenvalue weighted by Gasteiger charge is 2.13. The Morgan fingerprint density at radius 2 is 2.00 bits per heavy atom. The van der Waals surface area contributed by atoms with E-state index in [9.17, 15) is 4.79 Å². The number of nitrogens with one attached hydrogen (secondary N) is 1. The quantitative estimate of drug-likeness (QED) is 0.543. The number of carbonyl (C=O) groups is 1. The largest absolute Gasteiger partial charge is 0.494 e. The molecule has 0 saturated carbocycles. The van der Waals surface area contributed by atoms with Gasteiger partial charge in [-0.1, -0.05) is 32.5 Å². The zero-order chi connectivity index (χ0) is 15.7. The van der Waals surface area contributed by atoms with Crippen LogP contribution in [0.25, 0.3) is 0 Å². The Hall–Kier alpha value is -1.62. The molecule has 0 aromatic heterocycles. The second kappa shape index (κ2) is 9.34. The Balaban J connectivity index is 2.55. The van der Waals surface area contributed by atoms with Crippen molar-refractivity contribution < 1.29 is 9.53 Å². The second-order valence-corrected chi connectivity index (χ2v) is 5.50. The maximum atomic E-state index is 12.1. The van der Waals surface area contributed by atoms with Crippen LogP contribution in [-0.4, -0.2) is 23.5 Å². The molecule has 0 saturated heterocycles. The van der Waals surface area contributed by atoms with Crippen molar-refractivity contribution in [1.29, 1.82) is 0 Å². The van der Waals surface area contributed by atoms with Crippen molar-refractivity contribution in [3.63, 3.8) is 0 Å². The van der Waals surface area contributed by atoms with Gasteiger partial charge < -0.3 is 15.8 Å². The molecular weight excluding hydrogens is 284 g/mol. The van der Waals surface area contributed by atoms with Crippen molar-refractivity contribution in [3.05, 3.63) is 29.8 Å². The van der Waals surface area contributed by atoms with E-state index >= 15 is 0 Å². The first kappa shape index (κ1) is 17.4. The summed E-state index contributed by atoms with van der Waals surface area (Å²) in [5, 5.41) is 2.94. The average Bonchev–Trinajstić information content (AvgIpc) is 2.47. The van der Waals surface area contributed by atoms with Gasteiger partial charge in [-0.25, -0.2) is 0 Å². The fourth-order valence-electron chi connectivity index (χ4n) is 1.85. The van der Waals surface area contributed by atoms with Gasteiger partial charge in [0.1, 0.15) is 5.75 Å². The third-order valence-electron chi connectivity index (χ3n) is 3.16. The first-order valence-corrected chi connectivity index (χ1v) is 7.79. The number of carbonyl (C=O) groups excluding carboxylic acids is 1. The predicted molar refractivity (Wildman–Crippen MR) is 89.8 cm³/mol. The van der Waals surface area contributed by atoms with Crippen molar-refractivity contribution >= 4 is 23.1 Å². The van der Waals surface area contributed by atoms with Gasteiger partial charge in [0.25, 0.3) is 5.91 Å². The van der Waals surface area contributed by atoms with Crippen LogP contribution in [0.5, 0.6) is 5.75 Å². The summed E-state index contributed by atoms with van der Waals surface area (Å²) in [4.78, 5) is 12.5. The first-order valence-electron chi connectivity index (χ1n) is 7.38. The van der Waals surface area contributed by atoms with Crippen LogP contribution in [0.1, 0.15) is 49.9 Å². The number of hydrogen-bond acceptors (Lipinski definition) is 3. The van der Waals surface area contributed by atoms with Crippen molar-refractivity contribution in [2.75, 3.05) is 6.61 Å². The summed E-state index contributed by atoms with van der Waals surface area (Å²) in [5.41, 5.74) is 6.14. The minimum absolute atomic E-state index is 0.0181. The second-order valence-electron chi connectivity index (χ2n) is 4.98. The lowest BCUT2D eigenvalue weighted by Crippen LogP contribution is -2.37. The van der Waals surface area contributed by atoms with Crippen molar-refractivity contribution in [2.24, 2.45) is 5.73 Å². The number of amides is 1. The van der Waals surface area contributed by atoms with Crippen LogP contribution < -0.4 is 15.8 Å². The molecule has 0 fully saturated rings. The zero-order valence-corrected chi connectivity index (χ0v) is 13.5. The molecule has 1 rings (SSSR count). The monoisotopic (exact) mass is 308 g/mol. The molecule has 0 heterocycles. The van der Waals surface area contributed by atoms with E-state index in [1.165, 1.54) is 0 Å². The maximum Gasteiger partial charge on any atom is 0.251 e. The van der Waals surface area contributed by atoms with Gasteiger partial charge in [0, 0.05) is 18.0 Å². The smallest absolute Gasteiger partial charge is 0.251 e. The molecular formula is C16H24N2O2S. The number of ether oxygens (including phenoxy) is 1. The minimum Gasteiger partial charge on any atom is -0.494 e. The van der Waals surface area contributed by atoms with E-state index in [0.717, 1.165) is 25.0 Å². The molecule has 0 radical (unpaired) electrons. The van der Waals surface area contributed by atoms with Gasteiger partial charge in [0.05, 0.1) is 11.6 Å².